The molecule has 0 radical (unpaired) electrons. The highest BCUT2D eigenvalue weighted by molar-refractivity contribution is 6.74. The monoisotopic (exact) mass is 720 g/mol. The standard InChI is InChI=1S/C39H68O8Si2/c1-28(24-40)36(44-26-30-15-19-32(42-9)20-16-30)34(46-48(11,12)38(3,4)5)23-35(47-49(13,14)39(6,7)8)37(29(2)25-41)45-27-31-17-21-33(43-10)22-18-31/h15-22,28-29,34-37,40-41H,23-27H2,1-14H3/t28-,29+,34-,35+,36+,37-. The van der Waals surface area contributed by atoms with Crippen LogP contribution in [0.5, 0.6) is 11.5 Å². The first-order valence-electron chi connectivity index (χ1n) is 17.8. The minimum atomic E-state index is -2.35. The molecule has 0 aliphatic carbocycles. The van der Waals surface area contributed by atoms with Crippen LogP contribution in [0.3, 0.4) is 0 Å². The summed E-state index contributed by atoms with van der Waals surface area (Å²) in [7, 11) is -1.39. The minimum absolute atomic E-state index is 0.0527. The van der Waals surface area contributed by atoms with Crippen molar-refractivity contribution in [3.63, 3.8) is 0 Å². The molecule has 6 atom stereocenters. The molecule has 0 heterocycles. The summed E-state index contributed by atoms with van der Waals surface area (Å²) < 4.78 is 38.8. The maximum absolute atomic E-state index is 10.6. The first-order valence-corrected chi connectivity index (χ1v) is 23.6. The van der Waals surface area contributed by atoms with Gasteiger partial charge in [0.05, 0.1) is 51.8 Å². The van der Waals surface area contributed by atoms with Gasteiger partial charge in [0.25, 0.3) is 0 Å². The summed E-state index contributed by atoms with van der Waals surface area (Å²) in [6.45, 7) is 27.0. The number of aliphatic hydroxyl groups is 2. The van der Waals surface area contributed by atoms with Gasteiger partial charge < -0.3 is 38.0 Å². The SMILES string of the molecule is COc1ccc(CO[C@@H]([C@H](C[C@@H](O[Si](C)(C)C(C)(C)C)[C@@H](OCc2ccc(OC)cc2)[C@H](C)CO)O[Si](C)(C)C(C)(C)C)[C@@H](C)CO)cc1. The second kappa shape index (κ2) is 18.6. The molecule has 0 spiro atoms. The van der Waals surface area contributed by atoms with Crippen LogP contribution in [0.2, 0.25) is 36.3 Å². The molecule has 0 saturated carbocycles. The zero-order valence-corrected chi connectivity index (χ0v) is 35.0. The van der Waals surface area contributed by atoms with Crippen molar-refractivity contribution < 1.29 is 38.0 Å². The number of rotatable bonds is 20. The highest BCUT2D eigenvalue weighted by atomic mass is 28.4. The molecule has 8 nitrogen and oxygen atoms in total. The van der Waals surface area contributed by atoms with Gasteiger partial charge in [-0.25, -0.2) is 0 Å². The summed E-state index contributed by atoms with van der Waals surface area (Å²) in [5.41, 5.74) is 2.01. The first-order chi connectivity index (χ1) is 22.7. The summed E-state index contributed by atoms with van der Waals surface area (Å²) in [4.78, 5) is 0. The molecule has 2 aromatic rings. The molecule has 0 fully saturated rings. The van der Waals surface area contributed by atoms with E-state index in [2.05, 4.69) is 67.7 Å². The molecule has 0 saturated heterocycles. The molecule has 0 aliphatic heterocycles. The van der Waals surface area contributed by atoms with Crippen molar-refractivity contribution >= 4 is 16.6 Å². The van der Waals surface area contributed by atoms with Gasteiger partial charge in [-0.2, -0.15) is 0 Å². The van der Waals surface area contributed by atoms with E-state index in [1.165, 1.54) is 0 Å². The Kier molecular flexibility index (Phi) is 16.5. The molecule has 2 N–H and O–H groups in total. The van der Waals surface area contributed by atoms with Crippen molar-refractivity contribution in [1.29, 1.82) is 0 Å². The molecule has 0 aromatic heterocycles. The van der Waals surface area contributed by atoms with E-state index in [4.69, 9.17) is 27.8 Å². The van der Waals surface area contributed by atoms with Gasteiger partial charge in [-0.1, -0.05) is 79.7 Å². The van der Waals surface area contributed by atoms with Crippen LogP contribution in [0.1, 0.15) is 72.9 Å². The van der Waals surface area contributed by atoms with Crippen molar-refractivity contribution in [2.75, 3.05) is 27.4 Å². The zero-order chi connectivity index (χ0) is 37.2. The Bertz CT molecular complexity index is 1130. The molecule has 49 heavy (non-hydrogen) atoms. The Morgan fingerprint density at radius 2 is 0.878 bits per heavy atom. The molecule has 0 unspecified atom stereocenters. The first kappa shape index (κ1) is 43.4. The summed E-state index contributed by atoms with van der Waals surface area (Å²) >= 11 is 0. The fourth-order valence-electron chi connectivity index (χ4n) is 5.15. The predicted molar refractivity (Wildman–Crippen MR) is 204 cm³/mol. The van der Waals surface area contributed by atoms with Crippen molar-refractivity contribution in [2.45, 2.75) is 136 Å². The third kappa shape index (κ3) is 12.7. The molecule has 0 amide bonds. The summed E-state index contributed by atoms with van der Waals surface area (Å²) in [5.74, 6) is 1.14. The van der Waals surface area contributed by atoms with Crippen LogP contribution in [-0.2, 0) is 31.5 Å². The Hall–Kier alpha value is -1.77. The van der Waals surface area contributed by atoms with Gasteiger partial charge in [0.15, 0.2) is 16.6 Å². The largest absolute Gasteiger partial charge is 0.497 e. The number of ether oxygens (including phenoxy) is 4. The number of hydrogen-bond acceptors (Lipinski definition) is 8. The van der Waals surface area contributed by atoms with Crippen molar-refractivity contribution in [3.05, 3.63) is 59.7 Å². The van der Waals surface area contributed by atoms with Crippen LogP contribution in [-0.4, -0.2) is 78.7 Å². The quantitative estimate of drug-likeness (QED) is 0.131. The Morgan fingerprint density at radius 1 is 0.571 bits per heavy atom. The van der Waals surface area contributed by atoms with Gasteiger partial charge in [0.2, 0.25) is 0 Å². The highest BCUT2D eigenvalue weighted by Gasteiger charge is 2.47. The lowest BCUT2D eigenvalue weighted by atomic mass is 9.91. The topological polar surface area (TPSA) is 95.8 Å². The smallest absolute Gasteiger partial charge is 0.192 e. The number of benzene rings is 2. The van der Waals surface area contributed by atoms with Crippen LogP contribution >= 0.6 is 0 Å². The van der Waals surface area contributed by atoms with Crippen molar-refractivity contribution in [2.24, 2.45) is 11.8 Å². The van der Waals surface area contributed by atoms with Crippen LogP contribution < -0.4 is 9.47 Å². The predicted octanol–water partition coefficient (Wildman–Crippen LogP) is 8.60. The van der Waals surface area contributed by atoms with Gasteiger partial charge in [-0.05, 0) is 71.7 Å². The maximum Gasteiger partial charge on any atom is 0.192 e. The fourth-order valence-corrected chi connectivity index (χ4v) is 7.83. The molecule has 0 bridgehead atoms. The third-order valence-electron chi connectivity index (χ3n) is 10.6. The lowest BCUT2D eigenvalue weighted by Gasteiger charge is -2.46. The van der Waals surface area contributed by atoms with E-state index >= 15 is 0 Å². The van der Waals surface area contributed by atoms with E-state index in [-0.39, 0.29) is 35.1 Å². The normalized spacial score (nSPS) is 16.8. The van der Waals surface area contributed by atoms with E-state index in [0.717, 1.165) is 22.6 Å². The van der Waals surface area contributed by atoms with Crippen LogP contribution in [0.25, 0.3) is 0 Å². The molecule has 0 aliphatic rings. The summed E-state index contributed by atoms with van der Waals surface area (Å²) in [5, 5.41) is 21.0. The van der Waals surface area contributed by atoms with Crippen LogP contribution in [0, 0.1) is 11.8 Å². The maximum atomic E-state index is 10.6. The van der Waals surface area contributed by atoms with Gasteiger partial charge in [-0.15, -0.1) is 0 Å². The molecular weight excluding hydrogens is 653 g/mol. The van der Waals surface area contributed by atoms with E-state index in [1.54, 1.807) is 14.2 Å². The molecular formula is C39H68O8Si2. The van der Waals surface area contributed by atoms with Gasteiger partial charge in [0.1, 0.15) is 11.5 Å². The lowest BCUT2D eigenvalue weighted by Crippen LogP contribution is -2.54. The average Bonchev–Trinajstić information content (AvgIpc) is 3.03. The van der Waals surface area contributed by atoms with E-state index in [0.29, 0.717) is 19.6 Å². The van der Waals surface area contributed by atoms with E-state index in [9.17, 15) is 10.2 Å². The number of hydrogen-bond donors (Lipinski definition) is 2. The van der Waals surface area contributed by atoms with Gasteiger partial charge in [-0.3, -0.25) is 0 Å². The van der Waals surface area contributed by atoms with Gasteiger partial charge >= 0.3 is 0 Å². The molecule has 2 rings (SSSR count). The Morgan fingerprint density at radius 3 is 1.12 bits per heavy atom. The van der Waals surface area contributed by atoms with E-state index < -0.39 is 41.1 Å². The fraction of sp³-hybridized carbons (Fsp3) is 0.692. The van der Waals surface area contributed by atoms with Crippen molar-refractivity contribution in [3.8, 4) is 11.5 Å². The third-order valence-corrected chi connectivity index (χ3v) is 19.6. The Labute approximate surface area is 300 Å². The molecule has 2 aromatic carbocycles. The minimum Gasteiger partial charge on any atom is -0.497 e. The van der Waals surface area contributed by atoms with Crippen LogP contribution in [0.15, 0.2) is 48.5 Å². The van der Waals surface area contributed by atoms with Crippen molar-refractivity contribution in [1.82, 2.24) is 0 Å². The van der Waals surface area contributed by atoms with Gasteiger partial charge in [0, 0.05) is 31.5 Å². The zero-order valence-electron chi connectivity index (χ0n) is 33.0. The number of methoxy groups -OCH3 is 2. The summed E-state index contributed by atoms with van der Waals surface area (Å²) in [6, 6.07) is 15.7. The average molecular weight is 721 g/mol. The van der Waals surface area contributed by atoms with Crippen LogP contribution in [0.4, 0.5) is 0 Å². The molecule has 10 heteroatoms. The number of aliphatic hydroxyl groups excluding tert-OH is 2. The second-order valence-electron chi connectivity index (χ2n) is 16.6. The van der Waals surface area contributed by atoms with E-state index in [1.807, 2.05) is 62.4 Å². The Balaban J connectivity index is 2.63. The summed E-state index contributed by atoms with van der Waals surface area (Å²) in [6.07, 6.45) is -1.20. The molecule has 280 valence electrons. The lowest BCUT2D eigenvalue weighted by molar-refractivity contribution is -0.118. The highest BCUT2D eigenvalue weighted by Crippen LogP contribution is 2.42. The second-order valence-corrected chi connectivity index (χ2v) is 26.1.